The van der Waals surface area contributed by atoms with Crippen LogP contribution in [0, 0.1) is 0 Å². The van der Waals surface area contributed by atoms with Crippen molar-refractivity contribution < 1.29 is 4.74 Å². The van der Waals surface area contributed by atoms with Crippen molar-refractivity contribution in [3.05, 3.63) is 60.3 Å². The van der Waals surface area contributed by atoms with Crippen molar-refractivity contribution in [2.24, 2.45) is 0 Å². The van der Waals surface area contributed by atoms with Crippen molar-refractivity contribution in [2.75, 3.05) is 18.6 Å². The monoisotopic (exact) mass is 310 g/mol. The molecule has 0 amide bonds. The number of nitrogen functional groups attached to an aromatic ring is 1. The van der Waals surface area contributed by atoms with Crippen LogP contribution < -0.4 is 10.5 Å². The average Bonchev–Trinajstić information content (AvgIpc) is 2.56. The number of ether oxygens (including phenoxy) is 1. The van der Waals surface area contributed by atoms with Crippen molar-refractivity contribution in [2.45, 2.75) is 11.3 Å². The molecule has 22 heavy (non-hydrogen) atoms. The summed E-state index contributed by atoms with van der Waals surface area (Å²) in [6.45, 7) is 0. The van der Waals surface area contributed by atoms with E-state index in [-0.39, 0.29) is 0 Å². The number of thioether (sulfide) groups is 1. The van der Waals surface area contributed by atoms with E-state index in [4.69, 9.17) is 10.5 Å². The Balaban J connectivity index is 1.72. The van der Waals surface area contributed by atoms with E-state index in [0.29, 0.717) is 0 Å². The third-order valence-corrected chi connectivity index (χ3v) is 4.61. The highest BCUT2D eigenvalue weighted by atomic mass is 32.2. The molecule has 4 heteroatoms. The number of benzene rings is 2. The van der Waals surface area contributed by atoms with Gasteiger partial charge in [-0.3, -0.25) is 4.98 Å². The molecule has 0 bridgehead atoms. The molecular formula is C18H18N2OS. The molecule has 1 heterocycles. The number of nitrogens with two attached hydrogens (primary N) is 1. The molecule has 112 valence electrons. The normalized spacial score (nSPS) is 10.8. The number of hydrogen-bond acceptors (Lipinski definition) is 4. The highest BCUT2D eigenvalue weighted by Gasteiger charge is 2.04. The minimum absolute atomic E-state index is 0.811. The number of aryl methyl sites for hydroxylation is 1. The first kappa shape index (κ1) is 14.7. The van der Waals surface area contributed by atoms with E-state index in [1.54, 1.807) is 7.11 Å². The molecule has 3 aromatic rings. The van der Waals surface area contributed by atoms with Crippen LogP contribution in [0.2, 0.25) is 0 Å². The van der Waals surface area contributed by atoms with Gasteiger partial charge >= 0.3 is 0 Å². The lowest BCUT2D eigenvalue weighted by molar-refractivity contribution is 0.415. The van der Waals surface area contributed by atoms with Crippen molar-refractivity contribution in [3.8, 4) is 5.75 Å². The van der Waals surface area contributed by atoms with Crippen LogP contribution in [-0.2, 0) is 6.42 Å². The van der Waals surface area contributed by atoms with Gasteiger partial charge in [0.2, 0.25) is 0 Å². The highest BCUT2D eigenvalue weighted by Crippen LogP contribution is 2.29. The Morgan fingerprint density at radius 1 is 1.09 bits per heavy atom. The molecule has 0 radical (unpaired) electrons. The molecule has 0 unspecified atom stereocenters. The molecule has 2 aromatic carbocycles. The van der Waals surface area contributed by atoms with Gasteiger partial charge in [0.15, 0.2) is 0 Å². The van der Waals surface area contributed by atoms with E-state index >= 15 is 0 Å². The van der Waals surface area contributed by atoms with Gasteiger partial charge in [-0.25, -0.2) is 0 Å². The second-order valence-corrected chi connectivity index (χ2v) is 6.17. The van der Waals surface area contributed by atoms with E-state index in [9.17, 15) is 0 Å². The molecule has 3 nitrogen and oxygen atoms in total. The van der Waals surface area contributed by atoms with E-state index in [1.807, 2.05) is 42.2 Å². The SMILES string of the molecule is COc1ccc2c(SCCc3ccc(N)cc3)ccnc2c1. The standard InChI is InChI=1S/C18H18N2OS/c1-21-15-6-7-16-17(12-15)20-10-8-18(16)22-11-9-13-2-4-14(19)5-3-13/h2-8,10,12H,9,11,19H2,1H3. The van der Waals surface area contributed by atoms with Crippen molar-refractivity contribution >= 4 is 28.4 Å². The summed E-state index contributed by atoms with van der Waals surface area (Å²) >= 11 is 1.85. The minimum atomic E-state index is 0.811. The van der Waals surface area contributed by atoms with Gasteiger partial charge in [0.1, 0.15) is 5.75 Å². The number of methoxy groups -OCH3 is 1. The van der Waals surface area contributed by atoms with Crippen LogP contribution in [-0.4, -0.2) is 17.8 Å². The van der Waals surface area contributed by atoms with Gasteiger partial charge in [0.05, 0.1) is 12.6 Å². The van der Waals surface area contributed by atoms with E-state index in [2.05, 4.69) is 29.2 Å². The Labute approximate surface area is 134 Å². The maximum absolute atomic E-state index is 5.71. The third-order valence-electron chi connectivity index (χ3n) is 3.54. The number of nitrogens with zero attached hydrogens (tertiary/aromatic N) is 1. The highest BCUT2D eigenvalue weighted by molar-refractivity contribution is 7.99. The Morgan fingerprint density at radius 2 is 1.91 bits per heavy atom. The van der Waals surface area contributed by atoms with Gasteiger partial charge in [-0.2, -0.15) is 0 Å². The molecule has 0 fully saturated rings. The predicted octanol–water partition coefficient (Wildman–Crippen LogP) is 4.16. The molecule has 0 atom stereocenters. The molecule has 0 aliphatic carbocycles. The fourth-order valence-electron chi connectivity index (χ4n) is 2.32. The van der Waals surface area contributed by atoms with E-state index in [0.717, 1.165) is 29.1 Å². The van der Waals surface area contributed by atoms with Crippen LogP contribution in [0.3, 0.4) is 0 Å². The summed E-state index contributed by atoms with van der Waals surface area (Å²) in [5.74, 6) is 1.86. The third kappa shape index (κ3) is 3.34. The van der Waals surface area contributed by atoms with E-state index in [1.165, 1.54) is 15.8 Å². The number of aromatic nitrogens is 1. The number of rotatable bonds is 5. The molecule has 0 saturated heterocycles. The largest absolute Gasteiger partial charge is 0.497 e. The Kier molecular flexibility index (Phi) is 4.49. The lowest BCUT2D eigenvalue weighted by Crippen LogP contribution is -1.91. The van der Waals surface area contributed by atoms with Gasteiger partial charge in [0.25, 0.3) is 0 Å². The van der Waals surface area contributed by atoms with Crippen molar-refractivity contribution in [1.82, 2.24) is 4.98 Å². The number of pyridine rings is 1. The summed E-state index contributed by atoms with van der Waals surface area (Å²) in [6.07, 6.45) is 2.87. The van der Waals surface area contributed by atoms with Crippen LogP contribution in [0.5, 0.6) is 5.75 Å². The maximum Gasteiger partial charge on any atom is 0.121 e. The summed E-state index contributed by atoms with van der Waals surface area (Å²) < 4.78 is 5.25. The molecule has 0 aliphatic heterocycles. The van der Waals surface area contributed by atoms with Crippen molar-refractivity contribution in [1.29, 1.82) is 0 Å². The van der Waals surface area contributed by atoms with Crippen LogP contribution in [0.15, 0.2) is 59.6 Å². The first-order valence-electron chi connectivity index (χ1n) is 7.16. The summed E-state index contributed by atoms with van der Waals surface area (Å²) in [5, 5.41) is 1.17. The fraction of sp³-hybridized carbons (Fsp3) is 0.167. The maximum atomic E-state index is 5.71. The summed E-state index contributed by atoms with van der Waals surface area (Å²) in [6, 6.07) is 16.2. The molecule has 0 spiro atoms. The Hall–Kier alpha value is -2.20. The zero-order valence-corrected chi connectivity index (χ0v) is 13.3. The minimum Gasteiger partial charge on any atom is -0.497 e. The smallest absolute Gasteiger partial charge is 0.121 e. The van der Waals surface area contributed by atoms with Crippen LogP contribution in [0.4, 0.5) is 5.69 Å². The van der Waals surface area contributed by atoms with Gasteiger partial charge in [-0.05, 0) is 42.3 Å². The fourth-order valence-corrected chi connectivity index (χ4v) is 3.36. The first-order valence-corrected chi connectivity index (χ1v) is 8.15. The topological polar surface area (TPSA) is 48.1 Å². The van der Waals surface area contributed by atoms with Crippen LogP contribution >= 0.6 is 11.8 Å². The summed E-state index contributed by atoms with van der Waals surface area (Å²) in [5.41, 5.74) is 8.80. The molecule has 0 aliphatic rings. The van der Waals surface area contributed by atoms with Crippen molar-refractivity contribution in [3.63, 3.8) is 0 Å². The van der Waals surface area contributed by atoms with E-state index < -0.39 is 0 Å². The number of fused-ring (bicyclic) bond motifs is 1. The molecule has 2 N–H and O–H groups in total. The van der Waals surface area contributed by atoms with Gasteiger partial charge in [-0.1, -0.05) is 12.1 Å². The Morgan fingerprint density at radius 3 is 2.68 bits per heavy atom. The molecular weight excluding hydrogens is 292 g/mol. The molecule has 3 rings (SSSR count). The average molecular weight is 310 g/mol. The second-order valence-electron chi connectivity index (χ2n) is 5.03. The zero-order valence-electron chi connectivity index (χ0n) is 12.5. The molecule has 0 saturated carbocycles. The van der Waals surface area contributed by atoms with Crippen LogP contribution in [0.25, 0.3) is 10.9 Å². The number of anilines is 1. The lowest BCUT2D eigenvalue weighted by Gasteiger charge is -2.07. The molecule has 1 aromatic heterocycles. The zero-order chi connectivity index (χ0) is 15.4. The first-order chi connectivity index (χ1) is 10.8. The van der Waals surface area contributed by atoms with Gasteiger partial charge in [0, 0.05) is 34.0 Å². The van der Waals surface area contributed by atoms with Gasteiger partial charge in [-0.15, -0.1) is 11.8 Å². The Bertz CT molecular complexity index is 772. The lowest BCUT2D eigenvalue weighted by atomic mass is 10.2. The van der Waals surface area contributed by atoms with Crippen LogP contribution in [0.1, 0.15) is 5.56 Å². The summed E-state index contributed by atoms with van der Waals surface area (Å²) in [7, 11) is 1.67. The quantitative estimate of drug-likeness (QED) is 0.568. The number of hydrogen-bond donors (Lipinski definition) is 1. The summed E-state index contributed by atoms with van der Waals surface area (Å²) in [4.78, 5) is 5.67. The predicted molar refractivity (Wildman–Crippen MR) is 93.6 cm³/mol. The second kappa shape index (κ2) is 6.71. The van der Waals surface area contributed by atoms with Gasteiger partial charge < -0.3 is 10.5 Å².